The lowest BCUT2D eigenvalue weighted by Gasteiger charge is -2.18. The molecule has 0 atom stereocenters. The Morgan fingerprint density at radius 3 is 2.62 bits per heavy atom. The van der Waals surface area contributed by atoms with Crippen molar-refractivity contribution in [2.75, 3.05) is 11.4 Å². The summed E-state index contributed by atoms with van der Waals surface area (Å²) < 4.78 is 1.62. The zero-order valence-electron chi connectivity index (χ0n) is 11.5. The van der Waals surface area contributed by atoms with Crippen LogP contribution >= 0.6 is 0 Å². The summed E-state index contributed by atoms with van der Waals surface area (Å²) in [7, 11) is 1.78. The number of aliphatic carboxylic acids is 1. The van der Waals surface area contributed by atoms with E-state index < -0.39 is 11.9 Å². The Kier molecular flexibility index (Phi) is 4.50. The van der Waals surface area contributed by atoms with Crippen molar-refractivity contribution >= 4 is 23.6 Å². The standard InChI is InChI=1S/C15H15N3O3/c1-17-10-12(9-16-17)7-8-14(19)18(11-15(20)21)13-5-3-2-4-6-13/h2-10H,11H2,1H3,(H,20,21)/b8-7+. The van der Waals surface area contributed by atoms with Gasteiger partial charge in [-0.1, -0.05) is 18.2 Å². The van der Waals surface area contributed by atoms with E-state index in [0.717, 1.165) is 5.56 Å². The summed E-state index contributed by atoms with van der Waals surface area (Å²) in [6.07, 6.45) is 6.32. The van der Waals surface area contributed by atoms with E-state index in [-0.39, 0.29) is 6.54 Å². The molecular weight excluding hydrogens is 270 g/mol. The van der Waals surface area contributed by atoms with Gasteiger partial charge in [0.2, 0.25) is 0 Å². The molecule has 0 aliphatic rings. The van der Waals surface area contributed by atoms with Crippen molar-refractivity contribution in [2.45, 2.75) is 0 Å². The van der Waals surface area contributed by atoms with Gasteiger partial charge in [0.25, 0.3) is 5.91 Å². The van der Waals surface area contributed by atoms with E-state index in [0.29, 0.717) is 5.69 Å². The first-order valence-electron chi connectivity index (χ1n) is 6.31. The number of carbonyl (C=O) groups excluding carboxylic acids is 1. The van der Waals surface area contributed by atoms with Crippen molar-refractivity contribution in [1.82, 2.24) is 9.78 Å². The van der Waals surface area contributed by atoms with Crippen LogP contribution in [0.4, 0.5) is 5.69 Å². The summed E-state index contributed by atoms with van der Waals surface area (Å²) in [5, 5.41) is 12.9. The third-order valence-electron chi connectivity index (χ3n) is 2.77. The van der Waals surface area contributed by atoms with Crippen LogP contribution in [0.5, 0.6) is 0 Å². The SMILES string of the molecule is Cn1cc(/C=C/C(=O)N(CC(=O)O)c2ccccc2)cn1. The Morgan fingerprint density at radius 2 is 2.05 bits per heavy atom. The van der Waals surface area contributed by atoms with Gasteiger partial charge in [0, 0.05) is 30.6 Å². The van der Waals surface area contributed by atoms with Crippen molar-refractivity contribution in [1.29, 1.82) is 0 Å². The van der Waals surface area contributed by atoms with Crippen LogP contribution in [0.1, 0.15) is 5.56 Å². The first-order valence-corrected chi connectivity index (χ1v) is 6.31. The molecule has 0 saturated carbocycles. The van der Waals surface area contributed by atoms with Gasteiger partial charge in [-0.3, -0.25) is 19.2 Å². The molecule has 0 spiro atoms. The average Bonchev–Trinajstić information content (AvgIpc) is 2.88. The van der Waals surface area contributed by atoms with Crippen molar-refractivity contribution in [3.8, 4) is 0 Å². The second-order valence-electron chi connectivity index (χ2n) is 4.43. The molecule has 0 bridgehead atoms. The zero-order chi connectivity index (χ0) is 15.2. The second-order valence-corrected chi connectivity index (χ2v) is 4.43. The van der Waals surface area contributed by atoms with Crippen LogP contribution in [0.15, 0.2) is 48.8 Å². The number of amides is 1. The molecule has 0 fully saturated rings. The smallest absolute Gasteiger partial charge is 0.323 e. The molecule has 6 heteroatoms. The van der Waals surface area contributed by atoms with Gasteiger partial charge in [0.15, 0.2) is 0 Å². The van der Waals surface area contributed by atoms with Gasteiger partial charge >= 0.3 is 5.97 Å². The second kappa shape index (κ2) is 6.51. The Balaban J connectivity index is 2.18. The third-order valence-corrected chi connectivity index (χ3v) is 2.77. The molecule has 1 N–H and O–H groups in total. The van der Waals surface area contributed by atoms with Gasteiger partial charge in [-0.05, 0) is 18.2 Å². The highest BCUT2D eigenvalue weighted by atomic mass is 16.4. The number of hydrogen-bond donors (Lipinski definition) is 1. The molecule has 2 aromatic rings. The van der Waals surface area contributed by atoms with Crippen molar-refractivity contribution in [3.05, 3.63) is 54.4 Å². The number of aromatic nitrogens is 2. The first-order chi connectivity index (χ1) is 10.1. The Labute approximate surface area is 121 Å². The van der Waals surface area contributed by atoms with E-state index in [9.17, 15) is 9.59 Å². The first kappa shape index (κ1) is 14.5. The maximum atomic E-state index is 12.2. The fourth-order valence-electron chi connectivity index (χ4n) is 1.82. The Hall–Kier alpha value is -2.89. The summed E-state index contributed by atoms with van der Waals surface area (Å²) in [4.78, 5) is 24.3. The van der Waals surface area contributed by atoms with Crippen LogP contribution in [-0.4, -0.2) is 33.3 Å². The molecule has 0 aliphatic heterocycles. The van der Waals surface area contributed by atoms with Gasteiger partial charge in [-0.15, -0.1) is 0 Å². The number of para-hydroxylation sites is 1. The third kappa shape index (κ3) is 4.04. The predicted octanol–water partition coefficient (Wildman–Crippen LogP) is 1.55. The summed E-state index contributed by atoms with van der Waals surface area (Å²) in [5.74, 6) is -1.46. The van der Waals surface area contributed by atoms with E-state index in [1.165, 1.54) is 11.0 Å². The fourth-order valence-corrected chi connectivity index (χ4v) is 1.82. The highest BCUT2D eigenvalue weighted by Crippen LogP contribution is 2.14. The Bertz CT molecular complexity index is 662. The number of nitrogens with zero attached hydrogens (tertiary/aromatic N) is 3. The molecule has 108 valence electrons. The molecule has 2 rings (SSSR count). The average molecular weight is 285 g/mol. The summed E-state index contributed by atoms with van der Waals surface area (Å²) >= 11 is 0. The Morgan fingerprint density at radius 1 is 1.33 bits per heavy atom. The van der Waals surface area contributed by atoms with Crippen molar-refractivity contribution in [3.63, 3.8) is 0 Å². The van der Waals surface area contributed by atoms with E-state index >= 15 is 0 Å². The normalized spacial score (nSPS) is 10.7. The van der Waals surface area contributed by atoms with Gasteiger partial charge in [-0.2, -0.15) is 5.10 Å². The van der Waals surface area contributed by atoms with Gasteiger partial charge in [-0.25, -0.2) is 0 Å². The molecule has 1 aromatic heterocycles. The van der Waals surface area contributed by atoms with Crippen LogP contribution in [0.2, 0.25) is 0 Å². The van der Waals surface area contributed by atoms with E-state index in [4.69, 9.17) is 5.11 Å². The number of carbonyl (C=O) groups is 2. The number of anilines is 1. The van der Waals surface area contributed by atoms with Crippen LogP contribution in [0, 0.1) is 0 Å². The fraction of sp³-hybridized carbons (Fsp3) is 0.133. The van der Waals surface area contributed by atoms with Gasteiger partial charge < -0.3 is 5.11 Å². The van der Waals surface area contributed by atoms with Gasteiger partial charge in [0.1, 0.15) is 6.54 Å². The van der Waals surface area contributed by atoms with Crippen molar-refractivity contribution < 1.29 is 14.7 Å². The van der Waals surface area contributed by atoms with E-state index in [1.54, 1.807) is 60.5 Å². The van der Waals surface area contributed by atoms with E-state index in [1.807, 2.05) is 0 Å². The lowest BCUT2D eigenvalue weighted by atomic mass is 10.2. The molecule has 0 unspecified atom stereocenters. The quantitative estimate of drug-likeness (QED) is 0.846. The topological polar surface area (TPSA) is 75.4 Å². The molecule has 21 heavy (non-hydrogen) atoms. The maximum Gasteiger partial charge on any atom is 0.323 e. The molecule has 0 aliphatic carbocycles. The van der Waals surface area contributed by atoms with Gasteiger partial charge in [0.05, 0.1) is 6.20 Å². The highest BCUT2D eigenvalue weighted by molar-refractivity contribution is 6.06. The van der Waals surface area contributed by atoms with Crippen LogP contribution in [-0.2, 0) is 16.6 Å². The monoisotopic (exact) mass is 285 g/mol. The maximum absolute atomic E-state index is 12.2. The molecular formula is C15H15N3O3. The van der Waals surface area contributed by atoms with Crippen LogP contribution in [0.25, 0.3) is 6.08 Å². The minimum atomic E-state index is -1.07. The molecule has 0 saturated heterocycles. The number of rotatable bonds is 5. The number of hydrogen-bond acceptors (Lipinski definition) is 3. The number of carboxylic acid groups (broad SMARTS) is 1. The molecule has 1 amide bonds. The zero-order valence-corrected chi connectivity index (χ0v) is 11.5. The number of carboxylic acids is 1. The lowest BCUT2D eigenvalue weighted by Crippen LogP contribution is -2.34. The minimum absolute atomic E-state index is 0.389. The molecule has 1 aromatic carbocycles. The largest absolute Gasteiger partial charge is 0.480 e. The molecule has 1 heterocycles. The number of aryl methyl sites for hydroxylation is 1. The molecule has 0 radical (unpaired) electrons. The summed E-state index contributed by atoms with van der Waals surface area (Å²) in [5.41, 5.74) is 1.31. The lowest BCUT2D eigenvalue weighted by molar-refractivity contribution is -0.136. The summed E-state index contributed by atoms with van der Waals surface area (Å²) in [6, 6.07) is 8.69. The van der Waals surface area contributed by atoms with Crippen LogP contribution < -0.4 is 4.90 Å². The highest BCUT2D eigenvalue weighted by Gasteiger charge is 2.16. The number of benzene rings is 1. The molecule has 6 nitrogen and oxygen atoms in total. The summed E-state index contributed by atoms with van der Waals surface area (Å²) in [6.45, 7) is -0.389. The predicted molar refractivity (Wildman–Crippen MR) is 78.7 cm³/mol. The minimum Gasteiger partial charge on any atom is -0.480 e. The van der Waals surface area contributed by atoms with E-state index in [2.05, 4.69) is 5.10 Å². The van der Waals surface area contributed by atoms with Crippen molar-refractivity contribution in [2.24, 2.45) is 7.05 Å². The van der Waals surface area contributed by atoms with Crippen LogP contribution in [0.3, 0.4) is 0 Å².